The van der Waals surface area contributed by atoms with E-state index in [-0.39, 0.29) is 18.3 Å². The van der Waals surface area contributed by atoms with E-state index in [2.05, 4.69) is 5.32 Å². The van der Waals surface area contributed by atoms with Gasteiger partial charge < -0.3 is 14.8 Å². The van der Waals surface area contributed by atoms with E-state index in [1.807, 2.05) is 36.4 Å². The molecule has 35 heavy (non-hydrogen) atoms. The summed E-state index contributed by atoms with van der Waals surface area (Å²) in [5.41, 5.74) is 3.50. The Balaban J connectivity index is 1.52. The number of carbonyl (C=O) groups is 1. The highest BCUT2D eigenvalue weighted by atomic mass is 35.5. The Bertz CT molecular complexity index is 1360. The average molecular weight is 489 g/mol. The second kappa shape index (κ2) is 9.68. The SMILES string of the molecule is COc1ccc([C@H]2Nc3ccccc3C(=O)N2c2ccc(F)cc2)cc1COc1ccc(Cl)cc1. The van der Waals surface area contributed by atoms with Gasteiger partial charge in [0.1, 0.15) is 30.1 Å². The van der Waals surface area contributed by atoms with Crippen LogP contribution in [0.4, 0.5) is 15.8 Å². The van der Waals surface area contributed by atoms with E-state index in [9.17, 15) is 9.18 Å². The molecular weight excluding hydrogens is 467 g/mol. The third-order valence-corrected chi connectivity index (χ3v) is 6.11. The van der Waals surface area contributed by atoms with E-state index < -0.39 is 6.17 Å². The van der Waals surface area contributed by atoms with Gasteiger partial charge in [0.05, 0.1) is 12.7 Å². The van der Waals surface area contributed by atoms with Gasteiger partial charge in [-0.15, -0.1) is 0 Å². The van der Waals surface area contributed by atoms with Crippen LogP contribution in [-0.4, -0.2) is 13.0 Å². The van der Waals surface area contributed by atoms with Crippen LogP contribution >= 0.6 is 11.6 Å². The summed E-state index contributed by atoms with van der Waals surface area (Å²) in [5.74, 6) is 0.799. The van der Waals surface area contributed by atoms with Gasteiger partial charge in [0.25, 0.3) is 5.91 Å². The van der Waals surface area contributed by atoms with Crippen LogP contribution in [0.2, 0.25) is 5.02 Å². The molecule has 7 heteroatoms. The predicted octanol–water partition coefficient (Wildman–Crippen LogP) is 6.84. The number of nitrogens with one attached hydrogen (secondary N) is 1. The van der Waals surface area contributed by atoms with E-state index in [1.165, 1.54) is 12.1 Å². The lowest BCUT2D eigenvalue weighted by Gasteiger charge is -2.38. The quantitative estimate of drug-likeness (QED) is 0.323. The number of rotatable bonds is 6. The summed E-state index contributed by atoms with van der Waals surface area (Å²) in [5, 5.41) is 4.10. The summed E-state index contributed by atoms with van der Waals surface area (Å²) in [6.07, 6.45) is -0.525. The van der Waals surface area contributed by atoms with Crippen LogP contribution in [0, 0.1) is 5.82 Å². The summed E-state index contributed by atoms with van der Waals surface area (Å²) >= 11 is 5.97. The predicted molar refractivity (Wildman–Crippen MR) is 135 cm³/mol. The van der Waals surface area contributed by atoms with E-state index in [4.69, 9.17) is 21.1 Å². The number of benzene rings is 4. The first-order chi connectivity index (χ1) is 17.0. The molecule has 0 saturated carbocycles. The van der Waals surface area contributed by atoms with Crippen molar-refractivity contribution in [3.05, 3.63) is 119 Å². The van der Waals surface area contributed by atoms with Crippen molar-refractivity contribution >= 4 is 28.9 Å². The molecule has 0 unspecified atom stereocenters. The summed E-state index contributed by atoms with van der Waals surface area (Å²) in [7, 11) is 1.60. The fourth-order valence-electron chi connectivity index (χ4n) is 4.13. The molecule has 0 radical (unpaired) electrons. The van der Waals surface area contributed by atoms with Gasteiger partial charge in [0, 0.05) is 22.0 Å². The Labute approximate surface area is 207 Å². The molecule has 0 bridgehead atoms. The molecule has 1 heterocycles. The smallest absolute Gasteiger partial charge is 0.262 e. The lowest BCUT2D eigenvalue weighted by atomic mass is 10.0. The maximum Gasteiger partial charge on any atom is 0.262 e. The van der Waals surface area contributed by atoms with Crippen LogP contribution in [-0.2, 0) is 6.61 Å². The zero-order valence-electron chi connectivity index (χ0n) is 18.9. The van der Waals surface area contributed by atoms with Crippen molar-refractivity contribution in [3.63, 3.8) is 0 Å². The highest BCUT2D eigenvalue weighted by Gasteiger charge is 2.34. The Morgan fingerprint density at radius 1 is 0.971 bits per heavy atom. The maximum atomic E-state index is 13.6. The van der Waals surface area contributed by atoms with Gasteiger partial charge in [-0.05, 0) is 78.4 Å². The number of ether oxygens (including phenoxy) is 2. The topological polar surface area (TPSA) is 50.8 Å². The number of halogens is 2. The second-order valence-corrected chi connectivity index (χ2v) is 8.49. The van der Waals surface area contributed by atoms with Crippen LogP contribution in [0.25, 0.3) is 0 Å². The van der Waals surface area contributed by atoms with Crippen LogP contribution in [0.15, 0.2) is 91.0 Å². The Hall–Kier alpha value is -4.03. The van der Waals surface area contributed by atoms with Crippen LogP contribution in [0.5, 0.6) is 11.5 Å². The van der Waals surface area contributed by atoms with Crippen LogP contribution in [0.1, 0.15) is 27.7 Å². The molecule has 1 aliphatic rings. The molecule has 4 aromatic carbocycles. The summed E-state index contributed by atoms with van der Waals surface area (Å²) in [6, 6.07) is 26.1. The minimum Gasteiger partial charge on any atom is -0.496 e. The highest BCUT2D eigenvalue weighted by Crippen LogP contribution is 2.38. The van der Waals surface area contributed by atoms with Crippen LogP contribution < -0.4 is 19.7 Å². The van der Waals surface area contributed by atoms with Crippen molar-refractivity contribution in [2.24, 2.45) is 0 Å². The zero-order chi connectivity index (χ0) is 24.4. The molecule has 0 fully saturated rings. The molecule has 4 aromatic rings. The number of para-hydroxylation sites is 1. The van der Waals surface area contributed by atoms with Gasteiger partial charge in [0.2, 0.25) is 0 Å². The van der Waals surface area contributed by atoms with Crippen LogP contribution in [0.3, 0.4) is 0 Å². The monoisotopic (exact) mass is 488 g/mol. The van der Waals surface area contributed by atoms with Gasteiger partial charge in [-0.25, -0.2) is 4.39 Å². The molecule has 0 saturated heterocycles. The Morgan fingerprint density at radius 2 is 1.71 bits per heavy atom. The van der Waals surface area contributed by atoms with E-state index >= 15 is 0 Å². The number of amides is 1. The summed E-state index contributed by atoms with van der Waals surface area (Å²) in [4.78, 5) is 15.2. The average Bonchev–Trinajstić information content (AvgIpc) is 2.89. The first-order valence-electron chi connectivity index (χ1n) is 11.0. The number of hydrogen-bond acceptors (Lipinski definition) is 4. The molecule has 0 aliphatic carbocycles. The lowest BCUT2D eigenvalue weighted by Crippen LogP contribution is -2.43. The molecule has 1 aliphatic heterocycles. The largest absolute Gasteiger partial charge is 0.496 e. The molecule has 0 aromatic heterocycles. The molecule has 176 valence electrons. The fraction of sp³-hybridized carbons (Fsp3) is 0.107. The van der Waals surface area contributed by atoms with Crippen molar-refractivity contribution in [3.8, 4) is 11.5 Å². The summed E-state index contributed by atoms with van der Waals surface area (Å²) in [6.45, 7) is 0.256. The second-order valence-electron chi connectivity index (χ2n) is 8.06. The lowest BCUT2D eigenvalue weighted by molar-refractivity contribution is 0.0975. The zero-order valence-corrected chi connectivity index (χ0v) is 19.6. The van der Waals surface area contributed by atoms with Gasteiger partial charge in [0.15, 0.2) is 0 Å². The van der Waals surface area contributed by atoms with Gasteiger partial charge in [-0.1, -0.05) is 29.8 Å². The van der Waals surface area contributed by atoms with Crippen molar-refractivity contribution in [1.82, 2.24) is 0 Å². The van der Waals surface area contributed by atoms with E-state index in [0.29, 0.717) is 27.8 Å². The van der Waals surface area contributed by atoms with Gasteiger partial charge in [-0.2, -0.15) is 0 Å². The van der Waals surface area contributed by atoms with Crippen molar-refractivity contribution in [2.75, 3.05) is 17.3 Å². The molecule has 0 spiro atoms. The minimum atomic E-state index is -0.525. The van der Waals surface area contributed by atoms with E-state index in [0.717, 1.165) is 16.8 Å². The molecule has 1 atom stereocenters. The number of nitrogens with zero attached hydrogens (tertiary/aromatic N) is 1. The third kappa shape index (κ3) is 4.66. The Morgan fingerprint density at radius 3 is 2.46 bits per heavy atom. The Kier molecular flexibility index (Phi) is 6.29. The number of fused-ring (bicyclic) bond motifs is 1. The molecular formula is C28H22ClFN2O3. The first kappa shape index (κ1) is 22.7. The fourth-order valence-corrected chi connectivity index (χ4v) is 4.25. The standard InChI is InChI=1S/C28H22ClFN2O3/c1-34-26-15-6-18(16-19(26)17-35-23-13-7-20(29)8-14-23)27-31-25-5-3-2-4-24(25)28(33)32(27)22-11-9-21(30)10-12-22/h2-16,27,31H,17H2,1H3/t27-/m0/s1. The number of carbonyl (C=O) groups excluding carboxylic acids is 1. The van der Waals surface area contributed by atoms with Crippen molar-refractivity contribution in [1.29, 1.82) is 0 Å². The third-order valence-electron chi connectivity index (χ3n) is 5.86. The minimum absolute atomic E-state index is 0.175. The first-order valence-corrected chi connectivity index (χ1v) is 11.4. The number of methoxy groups -OCH3 is 1. The van der Waals surface area contributed by atoms with Gasteiger partial charge >= 0.3 is 0 Å². The number of hydrogen-bond donors (Lipinski definition) is 1. The van der Waals surface area contributed by atoms with E-state index in [1.54, 1.807) is 54.5 Å². The van der Waals surface area contributed by atoms with Crippen molar-refractivity contribution in [2.45, 2.75) is 12.8 Å². The normalized spacial score (nSPS) is 14.8. The molecule has 1 N–H and O–H groups in total. The highest BCUT2D eigenvalue weighted by molar-refractivity contribution is 6.30. The summed E-state index contributed by atoms with van der Waals surface area (Å²) < 4.78 is 25.1. The molecule has 1 amide bonds. The van der Waals surface area contributed by atoms with Crippen molar-refractivity contribution < 1.29 is 18.7 Å². The maximum absolute atomic E-state index is 13.6. The molecule has 5 rings (SSSR count). The molecule has 5 nitrogen and oxygen atoms in total. The van der Waals surface area contributed by atoms with Gasteiger partial charge in [-0.3, -0.25) is 9.69 Å². The number of anilines is 2.